The molecule has 0 atom stereocenters. The average molecular weight is 242 g/mol. The van der Waals surface area contributed by atoms with Gasteiger partial charge in [0.25, 0.3) is 0 Å². The summed E-state index contributed by atoms with van der Waals surface area (Å²) in [5, 5.41) is 15.7. The molecule has 0 spiro atoms. The summed E-state index contributed by atoms with van der Waals surface area (Å²) in [5.41, 5.74) is 0.482. The quantitative estimate of drug-likeness (QED) is 0.534. The number of hydrogen-bond acceptors (Lipinski definition) is 3. The van der Waals surface area contributed by atoms with Crippen LogP contribution in [0.1, 0.15) is 0 Å². The third kappa shape index (κ3) is 1.39. The predicted octanol–water partition coefficient (Wildman–Crippen LogP) is -0.617. The van der Waals surface area contributed by atoms with Gasteiger partial charge in [0.1, 0.15) is 12.2 Å². The van der Waals surface area contributed by atoms with E-state index in [2.05, 4.69) is 5.10 Å². The summed E-state index contributed by atoms with van der Waals surface area (Å²) in [5.74, 6) is 0. The fourth-order valence-corrected chi connectivity index (χ4v) is 1.92. The Morgan fingerprint density at radius 3 is 2.72 bits per heavy atom. The molecule has 0 fully saturated rings. The first kappa shape index (κ1) is 10.5. The van der Waals surface area contributed by atoms with Gasteiger partial charge >= 0.3 is 11.2 Å². The van der Waals surface area contributed by atoms with Gasteiger partial charge in [0.2, 0.25) is 0 Å². The molecule has 0 saturated heterocycles. The zero-order valence-electron chi connectivity index (χ0n) is 9.65. The van der Waals surface area contributed by atoms with Crippen molar-refractivity contribution in [2.75, 3.05) is 0 Å². The highest BCUT2D eigenvalue weighted by Crippen LogP contribution is 2.08. The van der Waals surface area contributed by atoms with E-state index >= 15 is 0 Å². The summed E-state index contributed by atoms with van der Waals surface area (Å²) in [6.07, 6.45) is 3.26. The summed E-state index contributed by atoms with van der Waals surface area (Å²) in [4.78, 5) is 12.3. The summed E-state index contributed by atoms with van der Waals surface area (Å²) in [6, 6.07) is 8.17. The van der Waals surface area contributed by atoms with Gasteiger partial charge in [-0.15, -0.1) is 0 Å². The van der Waals surface area contributed by atoms with E-state index in [0.717, 1.165) is 4.57 Å². The van der Waals surface area contributed by atoms with Crippen molar-refractivity contribution >= 4 is 5.65 Å². The van der Waals surface area contributed by atoms with E-state index in [4.69, 9.17) is 0 Å². The molecule has 0 saturated carbocycles. The number of aryl methyl sites for hydroxylation is 1. The van der Waals surface area contributed by atoms with Crippen LogP contribution in [-0.2, 0) is 7.05 Å². The number of imidazole rings is 1. The molecule has 0 aliphatic rings. The maximum absolute atomic E-state index is 12.3. The molecule has 2 heterocycles. The second-order valence-corrected chi connectivity index (χ2v) is 3.94. The lowest BCUT2D eigenvalue weighted by molar-refractivity contribution is -0.645. The van der Waals surface area contributed by atoms with Crippen LogP contribution in [0.15, 0.2) is 47.5 Å². The third-order valence-corrected chi connectivity index (χ3v) is 2.78. The van der Waals surface area contributed by atoms with E-state index < -0.39 is 6.01 Å². The number of rotatable bonds is 1. The Hall–Kier alpha value is -2.63. The minimum Gasteiger partial charge on any atom is -0.843 e. The summed E-state index contributed by atoms with van der Waals surface area (Å²) < 4.78 is 3.99. The van der Waals surface area contributed by atoms with Gasteiger partial charge in [-0.25, -0.2) is 4.57 Å². The minimum atomic E-state index is -0.588. The lowest BCUT2D eigenvalue weighted by Crippen LogP contribution is -2.36. The highest BCUT2D eigenvalue weighted by Gasteiger charge is 2.16. The highest BCUT2D eigenvalue weighted by molar-refractivity contribution is 5.38. The zero-order valence-corrected chi connectivity index (χ0v) is 9.65. The van der Waals surface area contributed by atoms with Crippen LogP contribution in [0.5, 0.6) is 6.01 Å². The van der Waals surface area contributed by atoms with Gasteiger partial charge in [-0.1, -0.05) is 27.8 Å². The fourth-order valence-electron chi connectivity index (χ4n) is 1.92. The van der Waals surface area contributed by atoms with Crippen LogP contribution in [-0.4, -0.2) is 14.2 Å². The molecule has 0 N–H and O–H groups in total. The Morgan fingerprint density at radius 1 is 1.28 bits per heavy atom. The van der Waals surface area contributed by atoms with Gasteiger partial charge in [-0.2, -0.15) is 0 Å². The Kier molecular flexibility index (Phi) is 2.16. The molecular formula is C12H10N4O2. The molecule has 1 aromatic carbocycles. The lowest BCUT2D eigenvalue weighted by Gasteiger charge is -2.12. The van der Waals surface area contributed by atoms with E-state index in [0.29, 0.717) is 11.3 Å². The van der Waals surface area contributed by atoms with Crippen LogP contribution >= 0.6 is 0 Å². The van der Waals surface area contributed by atoms with Gasteiger partial charge in [-0.05, 0) is 12.1 Å². The van der Waals surface area contributed by atoms with E-state index in [-0.39, 0.29) is 5.56 Å². The molecule has 0 aliphatic carbocycles. The van der Waals surface area contributed by atoms with E-state index in [9.17, 15) is 9.90 Å². The minimum absolute atomic E-state index is 0.346. The molecule has 0 unspecified atom stereocenters. The van der Waals surface area contributed by atoms with E-state index in [1.165, 1.54) is 4.52 Å². The normalized spacial score (nSPS) is 10.9. The van der Waals surface area contributed by atoms with Gasteiger partial charge < -0.3 is 5.11 Å². The van der Waals surface area contributed by atoms with Crippen molar-refractivity contribution in [2.45, 2.75) is 0 Å². The number of aromatic nitrogens is 4. The first-order valence-corrected chi connectivity index (χ1v) is 5.41. The van der Waals surface area contributed by atoms with Crippen LogP contribution in [0, 0.1) is 0 Å². The van der Waals surface area contributed by atoms with E-state index in [1.807, 2.05) is 6.07 Å². The maximum Gasteiger partial charge on any atom is 0.374 e. The lowest BCUT2D eigenvalue weighted by atomic mass is 10.3. The largest absolute Gasteiger partial charge is 0.843 e. The fraction of sp³-hybridized carbons (Fsp3) is 0.0833. The summed E-state index contributed by atoms with van der Waals surface area (Å²) in [7, 11) is 1.73. The highest BCUT2D eigenvalue weighted by atomic mass is 16.3. The Labute approximate surface area is 102 Å². The number of hydrogen-bond donors (Lipinski definition) is 0. The van der Waals surface area contributed by atoms with Crippen molar-refractivity contribution in [3.8, 4) is 11.7 Å². The first-order chi connectivity index (χ1) is 8.68. The van der Waals surface area contributed by atoms with Crippen LogP contribution in [0.3, 0.4) is 0 Å². The van der Waals surface area contributed by atoms with Gasteiger partial charge in [0.15, 0.2) is 6.20 Å². The Bertz CT molecular complexity index is 774. The molecule has 0 amide bonds. The van der Waals surface area contributed by atoms with Crippen molar-refractivity contribution in [3.05, 3.63) is 53.1 Å². The van der Waals surface area contributed by atoms with Crippen molar-refractivity contribution in [1.82, 2.24) is 14.2 Å². The van der Waals surface area contributed by atoms with E-state index in [1.54, 1.807) is 48.3 Å². The molecule has 3 rings (SSSR count). The number of fused-ring (bicyclic) bond motifs is 1. The molecule has 0 aliphatic heterocycles. The van der Waals surface area contributed by atoms with Crippen molar-refractivity contribution in [2.24, 2.45) is 7.05 Å². The van der Waals surface area contributed by atoms with Crippen molar-refractivity contribution < 1.29 is 9.67 Å². The number of benzene rings is 1. The smallest absolute Gasteiger partial charge is 0.374 e. The molecule has 6 nitrogen and oxygen atoms in total. The monoisotopic (exact) mass is 242 g/mol. The van der Waals surface area contributed by atoms with Gasteiger partial charge in [-0.3, -0.25) is 9.36 Å². The molecule has 0 radical (unpaired) electrons. The molecule has 0 bridgehead atoms. The predicted molar refractivity (Wildman–Crippen MR) is 61.4 cm³/mol. The van der Waals surface area contributed by atoms with Crippen molar-refractivity contribution in [1.29, 1.82) is 0 Å². The molecule has 2 aromatic heterocycles. The molecular weight excluding hydrogens is 232 g/mol. The first-order valence-electron chi connectivity index (χ1n) is 5.41. The summed E-state index contributed by atoms with van der Waals surface area (Å²) >= 11 is 0. The third-order valence-electron chi connectivity index (χ3n) is 2.78. The summed E-state index contributed by atoms with van der Waals surface area (Å²) in [6.45, 7) is 0. The maximum atomic E-state index is 12.3. The van der Waals surface area contributed by atoms with Crippen LogP contribution in [0.4, 0.5) is 0 Å². The Balaban J connectivity index is 2.43. The number of nitrogens with zero attached hydrogens (tertiary/aromatic N) is 4. The SMILES string of the molecule is C[n+]1ccn2nc([O-])n(-c3ccccc3)c(=O)c21. The Morgan fingerprint density at radius 2 is 2.00 bits per heavy atom. The zero-order chi connectivity index (χ0) is 12.7. The second kappa shape index (κ2) is 3.69. The average Bonchev–Trinajstić information content (AvgIpc) is 2.72. The molecule has 6 heteroatoms. The van der Waals surface area contributed by atoms with Crippen LogP contribution in [0.2, 0.25) is 0 Å². The molecule has 3 aromatic rings. The van der Waals surface area contributed by atoms with Crippen LogP contribution < -0.4 is 15.2 Å². The van der Waals surface area contributed by atoms with Crippen molar-refractivity contribution in [3.63, 3.8) is 0 Å². The topological polar surface area (TPSA) is 66.2 Å². The standard InChI is InChI=1S/C12H10N4O2/c1-14-7-8-15-10(14)11(17)16(12(18)13-15)9-5-3-2-4-6-9/h2-8H,1H3. The second-order valence-electron chi connectivity index (χ2n) is 3.94. The van der Waals surface area contributed by atoms with Gasteiger partial charge in [0.05, 0.1) is 12.7 Å². The number of para-hydroxylation sites is 1. The molecule has 18 heavy (non-hydrogen) atoms. The molecule has 90 valence electrons. The van der Waals surface area contributed by atoms with Gasteiger partial charge in [0, 0.05) is 0 Å². The van der Waals surface area contributed by atoms with Crippen LogP contribution in [0.25, 0.3) is 11.3 Å².